The fourth-order valence-electron chi connectivity index (χ4n) is 3.20. The first-order valence-corrected chi connectivity index (χ1v) is 7.91. The molecule has 0 aromatic heterocycles. The number of hydrogen-bond acceptors (Lipinski definition) is 4. The third-order valence-corrected chi connectivity index (χ3v) is 4.32. The van der Waals surface area contributed by atoms with E-state index in [0.717, 1.165) is 38.2 Å². The number of benzene rings is 1. The van der Waals surface area contributed by atoms with Crippen molar-refractivity contribution in [3.63, 3.8) is 0 Å². The molecule has 2 unspecified atom stereocenters. The average Bonchev–Trinajstić information content (AvgIpc) is 2.50. The SMILES string of the molecule is CCCN1CCN(C(C(=O)O)c2cccc(OC)c2)CC1C. The molecule has 22 heavy (non-hydrogen) atoms. The Hall–Kier alpha value is -1.59. The molecule has 2 rings (SSSR count). The van der Waals surface area contributed by atoms with E-state index in [1.54, 1.807) is 7.11 Å². The molecule has 0 amide bonds. The van der Waals surface area contributed by atoms with Gasteiger partial charge >= 0.3 is 5.97 Å². The lowest BCUT2D eigenvalue weighted by Gasteiger charge is -2.42. The smallest absolute Gasteiger partial charge is 0.325 e. The molecular formula is C17H26N2O3. The first-order valence-electron chi connectivity index (χ1n) is 7.91. The molecule has 1 saturated heterocycles. The van der Waals surface area contributed by atoms with Crippen LogP contribution in [0.15, 0.2) is 24.3 Å². The molecule has 1 aliphatic rings. The van der Waals surface area contributed by atoms with Crippen molar-refractivity contribution in [1.82, 2.24) is 9.80 Å². The van der Waals surface area contributed by atoms with Crippen molar-refractivity contribution in [2.45, 2.75) is 32.4 Å². The number of carboxylic acid groups (broad SMARTS) is 1. The predicted octanol–water partition coefficient (Wildman–Crippen LogP) is 2.24. The number of hydrogen-bond donors (Lipinski definition) is 1. The molecule has 5 heteroatoms. The number of carboxylic acids is 1. The predicted molar refractivity (Wildman–Crippen MR) is 86.3 cm³/mol. The van der Waals surface area contributed by atoms with Gasteiger partial charge in [-0.3, -0.25) is 14.6 Å². The van der Waals surface area contributed by atoms with E-state index in [-0.39, 0.29) is 0 Å². The minimum atomic E-state index is -0.801. The molecule has 122 valence electrons. The van der Waals surface area contributed by atoms with E-state index in [2.05, 4.69) is 23.6 Å². The van der Waals surface area contributed by atoms with Crippen LogP contribution in [-0.4, -0.2) is 60.2 Å². The third-order valence-electron chi connectivity index (χ3n) is 4.32. The van der Waals surface area contributed by atoms with Crippen molar-refractivity contribution in [3.05, 3.63) is 29.8 Å². The Morgan fingerprint density at radius 2 is 2.23 bits per heavy atom. The lowest BCUT2D eigenvalue weighted by molar-refractivity contribution is -0.144. The Kier molecular flexibility index (Phi) is 5.80. The molecule has 1 fully saturated rings. The van der Waals surface area contributed by atoms with E-state index in [1.807, 2.05) is 24.3 Å². The number of piperazine rings is 1. The van der Waals surface area contributed by atoms with E-state index >= 15 is 0 Å². The second kappa shape index (κ2) is 7.61. The highest BCUT2D eigenvalue weighted by atomic mass is 16.5. The Balaban J connectivity index is 2.17. The lowest BCUT2D eigenvalue weighted by Crippen LogP contribution is -2.53. The van der Waals surface area contributed by atoms with Gasteiger partial charge in [-0.2, -0.15) is 0 Å². The maximum Gasteiger partial charge on any atom is 0.325 e. The number of ether oxygens (including phenoxy) is 1. The second-order valence-corrected chi connectivity index (χ2v) is 5.90. The van der Waals surface area contributed by atoms with Crippen molar-refractivity contribution in [3.8, 4) is 5.75 Å². The van der Waals surface area contributed by atoms with Gasteiger partial charge in [0.15, 0.2) is 0 Å². The van der Waals surface area contributed by atoms with Gasteiger partial charge in [-0.1, -0.05) is 19.1 Å². The Bertz CT molecular complexity index is 506. The average molecular weight is 306 g/mol. The number of rotatable bonds is 6. The first kappa shape index (κ1) is 16.8. The van der Waals surface area contributed by atoms with Crippen molar-refractivity contribution in [2.75, 3.05) is 33.3 Å². The molecule has 0 aliphatic carbocycles. The van der Waals surface area contributed by atoms with Gasteiger partial charge in [-0.25, -0.2) is 0 Å². The van der Waals surface area contributed by atoms with Gasteiger partial charge < -0.3 is 9.84 Å². The van der Waals surface area contributed by atoms with Crippen molar-refractivity contribution < 1.29 is 14.6 Å². The normalized spacial score (nSPS) is 21.5. The molecule has 0 radical (unpaired) electrons. The standard InChI is InChI=1S/C17H26N2O3/c1-4-8-18-9-10-19(12-13(18)2)16(17(20)21)14-6-5-7-15(11-14)22-3/h5-7,11,13,16H,4,8-10,12H2,1-3H3,(H,20,21). The zero-order chi connectivity index (χ0) is 16.1. The van der Waals surface area contributed by atoms with E-state index < -0.39 is 12.0 Å². The highest BCUT2D eigenvalue weighted by molar-refractivity contribution is 5.75. The van der Waals surface area contributed by atoms with Gasteiger partial charge in [0.2, 0.25) is 0 Å². The highest BCUT2D eigenvalue weighted by Gasteiger charge is 2.33. The summed E-state index contributed by atoms with van der Waals surface area (Å²) in [5, 5.41) is 9.70. The first-order chi connectivity index (χ1) is 10.6. The molecular weight excluding hydrogens is 280 g/mol. The molecule has 1 aromatic rings. The van der Waals surface area contributed by atoms with Gasteiger partial charge in [0, 0.05) is 25.7 Å². The van der Waals surface area contributed by atoms with Crippen molar-refractivity contribution >= 4 is 5.97 Å². The van der Waals surface area contributed by atoms with Crippen LogP contribution in [0.4, 0.5) is 0 Å². The van der Waals surface area contributed by atoms with Crippen molar-refractivity contribution in [2.24, 2.45) is 0 Å². The van der Waals surface area contributed by atoms with Gasteiger partial charge in [0.1, 0.15) is 11.8 Å². The molecule has 1 aromatic carbocycles. The fraction of sp³-hybridized carbons (Fsp3) is 0.588. The van der Waals surface area contributed by atoms with Gasteiger partial charge in [0.05, 0.1) is 7.11 Å². The summed E-state index contributed by atoms with van der Waals surface area (Å²) in [7, 11) is 1.60. The fourth-order valence-corrected chi connectivity index (χ4v) is 3.20. The number of carbonyl (C=O) groups is 1. The van der Waals surface area contributed by atoms with E-state index in [1.165, 1.54) is 0 Å². The summed E-state index contributed by atoms with van der Waals surface area (Å²) < 4.78 is 5.22. The minimum Gasteiger partial charge on any atom is -0.497 e. The molecule has 1 aliphatic heterocycles. The van der Waals surface area contributed by atoms with E-state index in [0.29, 0.717) is 11.8 Å². The van der Waals surface area contributed by atoms with Crippen LogP contribution in [0.5, 0.6) is 5.75 Å². The molecule has 5 nitrogen and oxygen atoms in total. The zero-order valence-corrected chi connectivity index (χ0v) is 13.7. The van der Waals surface area contributed by atoms with Crippen molar-refractivity contribution in [1.29, 1.82) is 0 Å². The lowest BCUT2D eigenvalue weighted by atomic mass is 10.0. The quantitative estimate of drug-likeness (QED) is 0.873. The summed E-state index contributed by atoms with van der Waals surface area (Å²) in [6.45, 7) is 7.89. The van der Waals surface area contributed by atoms with Crippen LogP contribution < -0.4 is 4.74 Å². The number of nitrogens with zero attached hydrogens (tertiary/aromatic N) is 2. The van der Waals surface area contributed by atoms with Crippen LogP contribution in [-0.2, 0) is 4.79 Å². The minimum absolute atomic E-state index is 0.376. The Morgan fingerprint density at radius 3 is 2.82 bits per heavy atom. The van der Waals surface area contributed by atoms with Gasteiger partial charge in [-0.05, 0) is 37.6 Å². The Morgan fingerprint density at radius 1 is 1.45 bits per heavy atom. The van der Waals surface area contributed by atoms with E-state index in [4.69, 9.17) is 4.74 Å². The second-order valence-electron chi connectivity index (χ2n) is 5.90. The number of aliphatic carboxylic acids is 1. The zero-order valence-electron chi connectivity index (χ0n) is 13.7. The maximum absolute atomic E-state index is 11.8. The maximum atomic E-state index is 11.8. The highest BCUT2D eigenvalue weighted by Crippen LogP contribution is 2.27. The molecule has 0 spiro atoms. The molecule has 1 N–H and O–H groups in total. The summed E-state index contributed by atoms with van der Waals surface area (Å²) in [5.41, 5.74) is 0.781. The van der Waals surface area contributed by atoms with Crippen LogP contribution in [0, 0.1) is 0 Å². The molecule has 1 heterocycles. The number of methoxy groups -OCH3 is 1. The van der Waals surface area contributed by atoms with Crippen LogP contribution in [0.1, 0.15) is 31.9 Å². The van der Waals surface area contributed by atoms with Crippen LogP contribution in [0.25, 0.3) is 0 Å². The summed E-state index contributed by atoms with van der Waals surface area (Å²) in [5.74, 6) is -0.106. The monoisotopic (exact) mass is 306 g/mol. The molecule has 2 atom stereocenters. The topological polar surface area (TPSA) is 53.0 Å². The molecule has 0 bridgehead atoms. The largest absolute Gasteiger partial charge is 0.497 e. The summed E-state index contributed by atoms with van der Waals surface area (Å²) >= 11 is 0. The van der Waals surface area contributed by atoms with Gasteiger partial charge in [0.25, 0.3) is 0 Å². The van der Waals surface area contributed by atoms with E-state index in [9.17, 15) is 9.90 Å². The third kappa shape index (κ3) is 3.78. The summed E-state index contributed by atoms with van der Waals surface area (Å²) in [4.78, 5) is 16.3. The van der Waals surface area contributed by atoms with Gasteiger partial charge in [-0.15, -0.1) is 0 Å². The molecule has 0 saturated carbocycles. The summed E-state index contributed by atoms with van der Waals surface area (Å²) in [6.07, 6.45) is 1.13. The van der Waals surface area contributed by atoms with Crippen LogP contribution in [0.3, 0.4) is 0 Å². The van der Waals surface area contributed by atoms with Crippen LogP contribution in [0.2, 0.25) is 0 Å². The summed E-state index contributed by atoms with van der Waals surface area (Å²) in [6, 6.07) is 7.14. The van der Waals surface area contributed by atoms with Crippen LogP contribution >= 0.6 is 0 Å². The Labute approximate surface area is 132 Å².